The van der Waals surface area contributed by atoms with Crippen molar-refractivity contribution in [3.05, 3.63) is 70.9 Å². The quantitative estimate of drug-likeness (QED) is 0.688. The van der Waals surface area contributed by atoms with E-state index >= 15 is 0 Å². The first kappa shape index (κ1) is 15.3. The number of H-pyrrole nitrogens is 1. The molecule has 0 bridgehead atoms. The molecule has 1 heterocycles. The molecular weight excluding hydrogens is 314 g/mol. The van der Waals surface area contributed by atoms with Crippen LogP contribution in [-0.4, -0.2) is 22.4 Å². The van der Waals surface area contributed by atoms with Gasteiger partial charge < -0.3 is 15.7 Å². The van der Waals surface area contributed by atoms with E-state index < -0.39 is 0 Å². The second-order valence-electron chi connectivity index (χ2n) is 6.18. The highest BCUT2D eigenvalue weighted by Crippen LogP contribution is 2.30. The molecule has 0 unspecified atom stereocenters. The molecule has 0 saturated heterocycles. The van der Waals surface area contributed by atoms with Gasteiger partial charge in [0.1, 0.15) is 5.69 Å². The Bertz CT molecular complexity index is 1000. The average Bonchev–Trinajstić information content (AvgIpc) is 2.97. The number of hydrogen-bond acceptors (Lipinski definition) is 3. The minimum Gasteiger partial charge on any atom is -0.350 e. The van der Waals surface area contributed by atoms with Crippen LogP contribution in [-0.2, 0) is 13.0 Å². The van der Waals surface area contributed by atoms with Crippen molar-refractivity contribution in [3.8, 4) is 0 Å². The number of hydrogen-bond donors (Lipinski definition) is 3. The predicted molar refractivity (Wildman–Crippen MR) is 96.3 cm³/mol. The number of aromatic nitrogens is 1. The van der Waals surface area contributed by atoms with E-state index in [9.17, 15) is 9.59 Å². The molecule has 25 heavy (non-hydrogen) atoms. The fourth-order valence-corrected chi connectivity index (χ4v) is 3.34. The molecule has 5 nitrogen and oxygen atoms in total. The molecule has 0 atom stereocenters. The van der Waals surface area contributed by atoms with Gasteiger partial charge >= 0.3 is 0 Å². The SMILES string of the molecule is N=C1CCc2c(C(=O)NCc3ccccc3)[nH]c3cccc(c23)C1=O. The molecule has 0 saturated carbocycles. The van der Waals surface area contributed by atoms with E-state index in [1.165, 1.54) is 0 Å². The van der Waals surface area contributed by atoms with Crippen molar-refractivity contribution in [2.24, 2.45) is 0 Å². The van der Waals surface area contributed by atoms with E-state index in [2.05, 4.69) is 10.3 Å². The van der Waals surface area contributed by atoms with Crippen LogP contribution >= 0.6 is 0 Å². The summed E-state index contributed by atoms with van der Waals surface area (Å²) in [6.07, 6.45) is 0.856. The molecule has 3 N–H and O–H groups in total. The summed E-state index contributed by atoms with van der Waals surface area (Å²) in [7, 11) is 0. The van der Waals surface area contributed by atoms with Crippen molar-refractivity contribution < 1.29 is 9.59 Å². The van der Waals surface area contributed by atoms with Crippen molar-refractivity contribution in [3.63, 3.8) is 0 Å². The second kappa shape index (κ2) is 6.02. The smallest absolute Gasteiger partial charge is 0.268 e. The lowest BCUT2D eigenvalue weighted by Crippen LogP contribution is -2.24. The van der Waals surface area contributed by atoms with E-state index in [-0.39, 0.29) is 17.4 Å². The molecule has 4 rings (SSSR count). The molecule has 2 aromatic carbocycles. The minimum absolute atomic E-state index is 0.0966. The van der Waals surface area contributed by atoms with E-state index in [1.807, 2.05) is 36.4 Å². The number of nitrogens with one attached hydrogen (secondary N) is 3. The Morgan fingerprint density at radius 2 is 1.88 bits per heavy atom. The normalized spacial score (nSPS) is 13.8. The highest BCUT2D eigenvalue weighted by Gasteiger charge is 2.26. The van der Waals surface area contributed by atoms with Crippen molar-refractivity contribution in [2.45, 2.75) is 19.4 Å². The maximum Gasteiger partial charge on any atom is 0.268 e. The van der Waals surface area contributed by atoms with Crippen LogP contribution < -0.4 is 5.32 Å². The Morgan fingerprint density at radius 1 is 1.08 bits per heavy atom. The van der Waals surface area contributed by atoms with Gasteiger partial charge in [-0.25, -0.2) is 0 Å². The van der Waals surface area contributed by atoms with Gasteiger partial charge in [-0.1, -0.05) is 42.5 Å². The summed E-state index contributed by atoms with van der Waals surface area (Å²) in [6.45, 7) is 0.441. The minimum atomic E-state index is -0.250. The monoisotopic (exact) mass is 331 g/mol. The van der Waals surface area contributed by atoms with Crippen LogP contribution in [0.4, 0.5) is 0 Å². The first-order chi connectivity index (χ1) is 12.1. The van der Waals surface area contributed by atoms with Crippen LogP contribution in [0.25, 0.3) is 10.9 Å². The highest BCUT2D eigenvalue weighted by molar-refractivity contribution is 6.47. The number of benzene rings is 2. The number of rotatable bonds is 3. The molecule has 0 spiro atoms. The lowest BCUT2D eigenvalue weighted by atomic mass is 10.0. The van der Waals surface area contributed by atoms with Gasteiger partial charge in [-0.3, -0.25) is 9.59 Å². The van der Waals surface area contributed by atoms with E-state index in [4.69, 9.17) is 5.41 Å². The van der Waals surface area contributed by atoms with Crippen LogP contribution in [0.5, 0.6) is 0 Å². The maximum absolute atomic E-state index is 12.7. The molecule has 1 aromatic heterocycles. The number of ketones is 1. The topological polar surface area (TPSA) is 85.8 Å². The summed E-state index contributed by atoms with van der Waals surface area (Å²) < 4.78 is 0. The van der Waals surface area contributed by atoms with Gasteiger partial charge in [0, 0.05) is 23.0 Å². The Hall–Kier alpha value is -3.21. The van der Waals surface area contributed by atoms with Crippen LogP contribution in [0, 0.1) is 5.41 Å². The zero-order valence-corrected chi connectivity index (χ0v) is 13.6. The fourth-order valence-electron chi connectivity index (χ4n) is 3.34. The van der Waals surface area contributed by atoms with Crippen LogP contribution in [0.1, 0.15) is 38.4 Å². The van der Waals surface area contributed by atoms with Gasteiger partial charge in [0.15, 0.2) is 0 Å². The zero-order valence-electron chi connectivity index (χ0n) is 13.6. The van der Waals surface area contributed by atoms with E-state index in [1.54, 1.807) is 12.1 Å². The molecular formula is C20H17N3O2. The van der Waals surface area contributed by atoms with Crippen molar-refractivity contribution >= 4 is 28.3 Å². The highest BCUT2D eigenvalue weighted by atomic mass is 16.2. The molecule has 0 aliphatic heterocycles. The van der Waals surface area contributed by atoms with Crippen LogP contribution in [0.15, 0.2) is 48.5 Å². The second-order valence-corrected chi connectivity index (χ2v) is 6.18. The Labute approximate surface area is 144 Å². The summed E-state index contributed by atoms with van der Waals surface area (Å²) in [4.78, 5) is 28.2. The lowest BCUT2D eigenvalue weighted by Gasteiger charge is -2.06. The number of aromatic amines is 1. The molecule has 1 aliphatic rings. The summed E-state index contributed by atoms with van der Waals surface area (Å²) in [5.41, 5.74) is 3.70. The number of carbonyl (C=O) groups excluding carboxylic acids is 2. The average molecular weight is 331 g/mol. The van der Waals surface area contributed by atoms with Crippen molar-refractivity contribution in [1.82, 2.24) is 10.3 Å². The van der Waals surface area contributed by atoms with Crippen molar-refractivity contribution in [2.75, 3.05) is 0 Å². The number of carbonyl (C=O) groups is 2. The zero-order chi connectivity index (χ0) is 17.4. The van der Waals surface area contributed by atoms with Gasteiger partial charge in [0.05, 0.1) is 5.71 Å². The van der Waals surface area contributed by atoms with Gasteiger partial charge in [-0.15, -0.1) is 0 Å². The summed E-state index contributed by atoms with van der Waals surface area (Å²) in [6, 6.07) is 15.1. The molecule has 124 valence electrons. The van der Waals surface area contributed by atoms with Gasteiger partial charge in [-0.2, -0.15) is 0 Å². The Balaban J connectivity index is 1.71. The number of Topliss-reactive ketones (excluding diaryl/α,β-unsaturated/α-hetero) is 1. The van der Waals surface area contributed by atoms with Gasteiger partial charge in [-0.05, 0) is 30.0 Å². The molecule has 3 aromatic rings. The number of aryl methyl sites for hydroxylation is 1. The lowest BCUT2D eigenvalue weighted by molar-refractivity contribution is 0.0945. The summed E-state index contributed by atoms with van der Waals surface area (Å²) in [5.74, 6) is -0.443. The van der Waals surface area contributed by atoms with E-state index in [0.717, 1.165) is 22.0 Å². The Kier molecular flexibility index (Phi) is 3.69. The number of amides is 1. The molecule has 1 aliphatic carbocycles. The standard InChI is InChI=1S/C20H17N3O2/c21-15-10-9-13-17-14(19(15)24)7-4-8-16(17)23-18(13)20(25)22-11-12-5-2-1-3-6-12/h1-8,21,23H,9-11H2,(H,22,25). The molecule has 1 amide bonds. The first-order valence-electron chi connectivity index (χ1n) is 8.23. The third-order valence-electron chi connectivity index (χ3n) is 4.59. The van der Waals surface area contributed by atoms with Gasteiger partial charge in [0.25, 0.3) is 5.91 Å². The molecule has 0 radical (unpaired) electrons. The molecule has 0 fully saturated rings. The third kappa shape index (κ3) is 2.63. The third-order valence-corrected chi connectivity index (χ3v) is 4.59. The van der Waals surface area contributed by atoms with E-state index in [0.29, 0.717) is 30.6 Å². The molecule has 5 heteroatoms. The summed E-state index contributed by atoms with van der Waals surface area (Å²) >= 11 is 0. The first-order valence-corrected chi connectivity index (χ1v) is 8.23. The van der Waals surface area contributed by atoms with Crippen LogP contribution in [0.3, 0.4) is 0 Å². The van der Waals surface area contributed by atoms with Crippen molar-refractivity contribution in [1.29, 1.82) is 5.41 Å². The van der Waals surface area contributed by atoms with Gasteiger partial charge in [0.2, 0.25) is 5.78 Å². The predicted octanol–water partition coefficient (Wildman–Crippen LogP) is 3.25. The van der Waals surface area contributed by atoms with Crippen LogP contribution in [0.2, 0.25) is 0 Å². The summed E-state index contributed by atoms with van der Waals surface area (Å²) in [5, 5.41) is 11.6. The largest absolute Gasteiger partial charge is 0.350 e. The Morgan fingerprint density at radius 3 is 2.68 bits per heavy atom. The maximum atomic E-state index is 12.7. The fraction of sp³-hybridized carbons (Fsp3) is 0.150.